The number of aromatic nitrogens is 6. The number of hydrogen-bond donors (Lipinski definition) is 6. The molecule has 0 bridgehead atoms. The van der Waals surface area contributed by atoms with Gasteiger partial charge >= 0.3 is 29.1 Å². The van der Waals surface area contributed by atoms with Crippen LogP contribution in [0.25, 0.3) is 0 Å². The first-order chi connectivity index (χ1) is 53.1. The van der Waals surface area contributed by atoms with Crippen LogP contribution in [0.1, 0.15) is 215 Å². The van der Waals surface area contributed by atoms with Gasteiger partial charge in [0.2, 0.25) is 0 Å². The molecule has 0 spiro atoms. The fourth-order valence-corrected chi connectivity index (χ4v) is 16.0. The number of carbonyl (C=O) groups excluding carboxylic acids is 1. The van der Waals surface area contributed by atoms with Gasteiger partial charge in [-0.15, -0.1) is 0 Å². The lowest BCUT2D eigenvalue weighted by Crippen LogP contribution is -2.47. The van der Waals surface area contributed by atoms with Crippen LogP contribution in [0.4, 0.5) is 4.79 Å². The minimum absolute atomic E-state index is 0.0299. The predicted octanol–water partition coefficient (Wildman–Crippen LogP) is 14.0. The number of hydrogen-bond acceptors (Lipinski definition) is 19. The summed E-state index contributed by atoms with van der Waals surface area (Å²) in [4.78, 5) is 103. The normalized spacial score (nSPS) is 19.7. The van der Waals surface area contributed by atoms with E-state index in [0.717, 1.165) is 62.9 Å². The second-order valence-corrected chi connectivity index (χ2v) is 43.6. The maximum Gasteiger partial charge on any atom is 0.425 e. The summed E-state index contributed by atoms with van der Waals surface area (Å²) < 4.78 is 52.7. The molecular weight excluding hydrogens is 1560 g/mol. The third kappa shape index (κ3) is 25.0. The zero-order valence-corrected chi connectivity index (χ0v) is 74.4. The van der Waals surface area contributed by atoms with E-state index in [9.17, 15) is 48.6 Å². The Bertz CT molecular complexity index is 4730. The fourth-order valence-electron chi connectivity index (χ4n) is 12.9. The molecule has 3 aromatic heterocycles. The molecule has 4 aromatic carbocycles. The number of aromatic amines is 2. The average Bonchev–Trinajstić information content (AvgIpc) is 1.57. The summed E-state index contributed by atoms with van der Waals surface area (Å²) in [7, 11) is -4.06. The summed E-state index contributed by atoms with van der Waals surface area (Å²) in [5.41, 5.74) is 8.72. The molecule has 0 amide bonds. The highest BCUT2D eigenvalue weighted by atomic mass is 79.9. The van der Waals surface area contributed by atoms with Gasteiger partial charge in [-0.1, -0.05) is 144 Å². The van der Waals surface area contributed by atoms with Gasteiger partial charge in [-0.05, 0) is 186 Å². The molecule has 0 aliphatic carbocycles. The monoisotopic (exact) mass is 1680 g/mol. The molecule has 3 aliphatic heterocycles. The number of carbonyl (C=O) groups is 2. The summed E-state index contributed by atoms with van der Waals surface area (Å²) in [5.74, 6) is -0.847. The molecule has 6 N–H and O–H groups in total. The van der Waals surface area contributed by atoms with Crippen molar-refractivity contribution in [1.82, 2.24) is 28.2 Å². The smallest absolute Gasteiger partial charge is 0.425 e. The number of benzene rings is 4. The van der Waals surface area contributed by atoms with Crippen LogP contribution < -0.4 is 33.7 Å². The van der Waals surface area contributed by atoms with E-state index in [0.29, 0.717) is 41.7 Å². The molecule has 3 fully saturated rings. The number of rotatable bonds is 21. The quantitative estimate of drug-likeness (QED) is 0.0287. The number of aliphatic hydroxyl groups is 3. The Balaban J connectivity index is 0.000000236. The number of carboxylic acid groups (broad SMARTS) is 1. The molecule has 114 heavy (non-hydrogen) atoms. The number of aliphatic hydroxyl groups excluding tert-OH is 3. The van der Waals surface area contributed by atoms with Gasteiger partial charge in [0.1, 0.15) is 30.4 Å². The second kappa shape index (κ2) is 41.0. The number of nitrogens with one attached hydrogen (secondary N) is 2. The van der Waals surface area contributed by atoms with Gasteiger partial charge in [0, 0.05) is 48.7 Å². The van der Waals surface area contributed by atoms with Crippen LogP contribution in [0.3, 0.4) is 0 Å². The van der Waals surface area contributed by atoms with E-state index in [4.69, 9.17) is 47.5 Å². The van der Waals surface area contributed by atoms with Crippen LogP contribution in [0.2, 0.25) is 36.3 Å². The molecule has 7 aromatic rings. The van der Waals surface area contributed by atoms with E-state index in [-0.39, 0.29) is 83.8 Å². The Morgan fingerprint density at radius 3 is 1.18 bits per heavy atom. The summed E-state index contributed by atoms with van der Waals surface area (Å²) in [6.45, 7) is 47.5. The molecule has 628 valence electrons. The van der Waals surface area contributed by atoms with E-state index in [2.05, 4.69) is 101 Å². The molecular formula is C85H123BrN6O20Si2. The zero-order chi connectivity index (χ0) is 85.4. The number of carboxylic acids is 1. The number of aromatic carboxylic acids is 1. The van der Waals surface area contributed by atoms with Gasteiger partial charge in [0.25, 0.3) is 16.7 Å². The van der Waals surface area contributed by atoms with Crippen molar-refractivity contribution in [3.05, 3.63) is 237 Å². The van der Waals surface area contributed by atoms with Crippen molar-refractivity contribution in [3.63, 3.8) is 0 Å². The van der Waals surface area contributed by atoms with Crippen molar-refractivity contribution < 1.29 is 67.3 Å². The molecule has 10 rings (SSSR count). The highest BCUT2D eigenvalue weighted by Crippen LogP contribution is 2.43. The minimum Gasteiger partial charge on any atom is -0.478 e. The Hall–Kier alpha value is -7.63. The van der Waals surface area contributed by atoms with Crippen LogP contribution in [-0.2, 0) is 75.6 Å². The number of ether oxygens (including phenoxy) is 6. The van der Waals surface area contributed by atoms with Crippen molar-refractivity contribution in [2.75, 3.05) is 6.61 Å². The third-order valence-corrected chi connectivity index (χ3v) is 31.4. The van der Waals surface area contributed by atoms with E-state index < -0.39 is 98.9 Å². The summed E-state index contributed by atoms with van der Waals surface area (Å²) in [6.07, 6.45) is 2.09. The van der Waals surface area contributed by atoms with Crippen LogP contribution in [-0.4, -0.2) is 126 Å². The van der Waals surface area contributed by atoms with E-state index in [1.54, 1.807) is 52.9 Å². The standard InChI is InChI=1S/C26H40N2O5Si.C22H37BrN2O6Si.C19H24N2O6.C9H10O2.C9H12O/c1-9-21-22(33-34(7,8)26(4,5)6)13-23(32-21)28-14-19(24(29)27-25(28)30)15-31-16-20-17(2)11-10-12-18(20)3;1-10-15-16(31-32(8,9)22(5,6)7)11-17(29-15)24-13-14(12-23)18(26)25(19(24)27)20(28)30-21(2,3)4;1-11-4-3-5-12(2)14(11)10-26-9-13-7-21(19(25)20-18(13)24)17-6-15(23)16(8-22)27-17;1-6-4-3-5-7(2)8(6)9(10)11;1-7-4-3-5-8(2)9(7)6-10/h10-12,14,21-23H,9,13,15-16H2,1-8H3,(H,27,29,30);13,15-17H,10-12H2,1-9H3;3-5,7,15-17,22-23H,6,8-10H2,1-2H3,(H,20,24,25);3-5H,1-2H3,(H,10,11);3-5,10H,6H2,1-2H3/t21-,22-,23-;2*15-,16-,17-;;/m111../s1. The van der Waals surface area contributed by atoms with E-state index in [1.807, 2.05) is 109 Å². The van der Waals surface area contributed by atoms with Gasteiger partial charge in [0.15, 0.2) is 16.6 Å². The summed E-state index contributed by atoms with van der Waals surface area (Å²) in [5, 5.41) is 37.0. The maximum absolute atomic E-state index is 13.2. The fraction of sp³-hybridized carbons (Fsp3) is 0.553. The Morgan fingerprint density at radius 2 is 0.868 bits per heavy atom. The predicted molar refractivity (Wildman–Crippen MR) is 449 cm³/mol. The van der Waals surface area contributed by atoms with Crippen molar-refractivity contribution in [3.8, 4) is 0 Å². The van der Waals surface area contributed by atoms with Crippen molar-refractivity contribution in [2.45, 2.75) is 299 Å². The summed E-state index contributed by atoms with van der Waals surface area (Å²) >= 11 is 3.28. The van der Waals surface area contributed by atoms with Gasteiger partial charge < -0.3 is 57.7 Å². The van der Waals surface area contributed by atoms with E-state index >= 15 is 0 Å². The van der Waals surface area contributed by atoms with Crippen molar-refractivity contribution >= 4 is 44.6 Å². The lowest BCUT2D eigenvalue weighted by molar-refractivity contribution is -0.0461. The molecule has 3 aliphatic rings. The Morgan fingerprint density at radius 1 is 0.518 bits per heavy atom. The summed E-state index contributed by atoms with van der Waals surface area (Å²) in [6, 6.07) is 23.6. The SMILES string of the molecule is CC[C@H]1O[C@@H](n2cc(CBr)c(=O)n(C(=O)OC(C)(C)C)c2=O)C[C@H]1O[Si](C)(C)C(C)(C)C.CC[C@H]1O[C@@H](n2cc(COCc3c(C)cccc3C)c(=O)[nH]c2=O)C[C@H]1O[Si](C)(C)C(C)(C)C.Cc1cccc(C)c1C(=O)O.Cc1cccc(C)c1CO.Cc1cccc(C)c1COCc1cn([C@H]2C[C@@H](O)[C@@H](CO)O2)c(=O)[nH]c1=O. The average molecular weight is 1690 g/mol. The molecule has 26 nitrogen and oxygen atoms in total. The van der Waals surface area contributed by atoms with Crippen molar-refractivity contribution in [2.24, 2.45) is 0 Å². The molecule has 0 radical (unpaired) electrons. The third-order valence-electron chi connectivity index (χ3n) is 21.8. The number of alkyl halides is 1. The largest absolute Gasteiger partial charge is 0.478 e. The molecule has 3 saturated heterocycles. The molecule has 0 saturated carbocycles. The number of halogens is 1. The highest BCUT2D eigenvalue weighted by Gasteiger charge is 2.47. The second-order valence-electron chi connectivity index (χ2n) is 33.6. The highest BCUT2D eigenvalue weighted by molar-refractivity contribution is 9.08. The Labute approximate surface area is 679 Å². The maximum atomic E-state index is 13.2. The Kier molecular flexibility index (Phi) is 34.2. The lowest BCUT2D eigenvalue weighted by Gasteiger charge is -2.39. The zero-order valence-electron chi connectivity index (χ0n) is 70.8. The first-order valence-electron chi connectivity index (χ1n) is 38.8. The number of nitrogens with zero attached hydrogens (tertiary/aromatic N) is 4. The lowest BCUT2D eigenvalue weighted by atomic mass is 10.0. The van der Waals surface area contributed by atoms with Gasteiger partial charge in [-0.3, -0.25) is 38.1 Å². The molecule has 0 unspecified atom stereocenters. The molecule has 6 heterocycles. The van der Waals surface area contributed by atoms with Gasteiger partial charge in [0.05, 0.1) is 86.9 Å². The van der Waals surface area contributed by atoms with Gasteiger partial charge in [-0.25, -0.2) is 24.0 Å². The van der Waals surface area contributed by atoms with Crippen LogP contribution >= 0.6 is 15.9 Å². The number of H-pyrrole nitrogens is 2. The first kappa shape index (κ1) is 95.2. The van der Waals surface area contributed by atoms with Crippen LogP contribution in [0.5, 0.6) is 0 Å². The van der Waals surface area contributed by atoms with Crippen molar-refractivity contribution in [1.29, 1.82) is 0 Å². The van der Waals surface area contributed by atoms with E-state index in [1.165, 1.54) is 37.2 Å². The van der Waals surface area contributed by atoms with Crippen LogP contribution in [0.15, 0.2) is 120 Å². The molecule has 29 heteroatoms. The van der Waals surface area contributed by atoms with Gasteiger partial charge in [-0.2, -0.15) is 4.57 Å². The first-order valence-corrected chi connectivity index (χ1v) is 45.8. The number of aryl methyl sites for hydroxylation is 8. The molecule has 9 atom stereocenters. The topological polar surface area (TPSA) is 343 Å². The minimum atomic E-state index is -2.06. The van der Waals surface area contributed by atoms with Crippen LogP contribution in [0, 0.1) is 55.4 Å².